The van der Waals surface area contributed by atoms with E-state index in [9.17, 15) is 20.1 Å². The number of anilines is 1. The zero-order valence-corrected chi connectivity index (χ0v) is 16.1. The van der Waals surface area contributed by atoms with E-state index < -0.39 is 36.6 Å². The number of ether oxygens (including phenoxy) is 1. The van der Waals surface area contributed by atoms with E-state index in [0.717, 1.165) is 12.2 Å². The van der Waals surface area contributed by atoms with Crippen LogP contribution in [0.1, 0.15) is 19.1 Å². The van der Waals surface area contributed by atoms with E-state index in [4.69, 9.17) is 10.5 Å². The Labute approximate surface area is 165 Å². The summed E-state index contributed by atoms with van der Waals surface area (Å²) in [4.78, 5) is 23.5. The van der Waals surface area contributed by atoms with Crippen molar-refractivity contribution in [3.63, 3.8) is 0 Å². The van der Waals surface area contributed by atoms with Crippen molar-refractivity contribution < 1.29 is 24.9 Å². The van der Waals surface area contributed by atoms with Crippen LogP contribution in [-0.4, -0.2) is 83.7 Å². The van der Waals surface area contributed by atoms with Gasteiger partial charge in [-0.1, -0.05) is 0 Å². The van der Waals surface area contributed by atoms with Crippen molar-refractivity contribution in [3.8, 4) is 0 Å². The lowest BCUT2D eigenvalue weighted by Crippen LogP contribution is -2.44. The van der Waals surface area contributed by atoms with Crippen LogP contribution in [0.2, 0.25) is 0 Å². The standard InChI is InChI=1S/C16H24N6O5S/c1-28-4-2-3-8(16(25)26)18-5-9-11(23)12(24)15(27-9)22-7-21-10-13(17)19-6-20-14(10)22/h6-9,11-12,15,18,23-24H,2-5H2,1H3,(H,25,26)(H2,17,19,20)/t8-,9+,11+,12+,15+/m0/s1. The van der Waals surface area contributed by atoms with E-state index in [-0.39, 0.29) is 12.4 Å². The quantitative estimate of drug-likeness (QED) is 0.327. The number of carboxylic acid groups (broad SMARTS) is 1. The van der Waals surface area contributed by atoms with Gasteiger partial charge < -0.3 is 31.1 Å². The number of imidazole rings is 1. The largest absolute Gasteiger partial charge is 0.480 e. The predicted molar refractivity (Wildman–Crippen MR) is 103 cm³/mol. The molecule has 0 spiro atoms. The number of aromatic nitrogens is 4. The van der Waals surface area contributed by atoms with Gasteiger partial charge in [-0.25, -0.2) is 15.0 Å². The lowest BCUT2D eigenvalue weighted by atomic mass is 10.1. The molecule has 5 atom stereocenters. The van der Waals surface area contributed by atoms with Gasteiger partial charge in [0, 0.05) is 6.54 Å². The number of nitrogen functional groups attached to an aromatic ring is 1. The Bertz CT molecular complexity index is 820. The summed E-state index contributed by atoms with van der Waals surface area (Å²) in [7, 11) is 0. The number of aliphatic hydroxyl groups excluding tert-OH is 2. The second kappa shape index (κ2) is 9.01. The predicted octanol–water partition coefficient (Wildman–Crippen LogP) is -0.786. The Morgan fingerprint density at radius 2 is 2.18 bits per heavy atom. The number of nitrogens with two attached hydrogens (primary N) is 1. The fourth-order valence-electron chi connectivity index (χ4n) is 3.19. The highest BCUT2D eigenvalue weighted by Crippen LogP contribution is 2.31. The molecule has 3 heterocycles. The number of hydrogen-bond acceptors (Lipinski definition) is 10. The third-order valence-corrected chi connectivity index (χ3v) is 5.40. The Balaban J connectivity index is 1.68. The van der Waals surface area contributed by atoms with Crippen LogP contribution in [0.15, 0.2) is 12.7 Å². The lowest BCUT2D eigenvalue weighted by Gasteiger charge is -2.19. The van der Waals surface area contributed by atoms with Crippen LogP contribution in [0.3, 0.4) is 0 Å². The number of carbonyl (C=O) groups is 1. The molecule has 0 aliphatic carbocycles. The van der Waals surface area contributed by atoms with Gasteiger partial charge in [0.2, 0.25) is 0 Å². The molecule has 1 aliphatic heterocycles. The van der Waals surface area contributed by atoms with E-state index >= 15 is 0 Å². The van der Waals surface area contributed by atoms with Gasteiger partial charge in [0.15, 0.2) is 17.7 Å². The first-order valence-electron chi connectivity index (χ1n) is 8.83. The number of aliphatic hydroxyl groups is 2. The van der Waals surface area contributed by atoms with E-state index in [1.807, 2.05) is 6.26 Å². The van der Waals surface area contributed by atoms with Crippen LogP contribution < -0.4 is 11.1 Å². The molecule has 28 heavy (non-hydrogen) atoms. The van der Waals surface area contributed by atoms with Crippen LogP contribution >= 0.6 is 11.8 Å². The van der Waals surface area contributed by atoms with E-state index in [2.05, 4.69) is 20.3 Å². The smallest absolute Gasteiger partial charge is 0.320 e. The zero-order valence-electron chi connectivity index (χ0n) is 15.3. The number of aliphatic carboxylic acids is 1. The Morgan fingerprint density at radius 3 is 2.89 bits per heavy atom. The van der Waals surface area contributed by atoms with Crippen LogP contribution in [0.5, 0.6) is 0 Å². The first-order chi connectivity index (χ1) is 13.4. The maximum atomic E-state index is 11.4. The molecule has 1 saturated heterocycles. The van der Waals surface area contributed by atoms with Gasteiger partial charge in [-0.3, -0.25) is 9.36 Å². The number of carboxylic acids is 1. The van der Waals surface area contributed by atoms with Crippen molar-refractivity contribution in [2.45, 2.75) is 43.4 Å². The first-order valence-corrected chi connectivity index (χ1v) is 10.2. The number of nitrogens with one attached hydrogen (secondary N) is 1. The lowest BCUT2D eigenvalue weighted by molar-refractivity contribution is -0.139. The van der Waals surface area contributed by atoms with Crippen LogP contribution in [-0.2, 0) is 9.53 Å². The molecule has 3 rings (SSSR count). The molecule has 1 fully saturated rings. The summed E-state index contributed by atoms with van der Waals surface area (Å²) in [5, 5.41) is 33.1. The van der Waals surface area contributed by atoms with Gasteiger partial charge >= 0.3 is 5.97 Å². The highest BCUT2D eigenvalue weighted by atomic mass is 32.2. The van der Waals surface area contributed by atoms with Gasteiger partial charge in [-0.2, -0.15) is 11.8 Å². The maximum absolute atomic E-state index is 11.4. The summed E-state index contributed by atoms with van der Waals surface area (Å²) in [5.41, 5.74) is 6.51. The van der Waals surface area contributed by atoms with Crippen molar-refractivity contribution in [2.75, 3.05) is 24.3 Å². The second-order valence-electron chi connectivity index (χ2n) is 6.56. The Kier molecular flexibility index (Phi) is 6.67. The molecule has 0 saturated carbocycles. The highest BCUT2D eigenvalue weighted by molar-refractivity contribution is 7.98. The number of thioether (sulfide) groups is 1. The number of nitrogens with zero attached hydrogens (tertiary/aromatic N) is 4. The summed E-state index contributed by atoms with van der Waals surface area (Å²) in [6.45, 7) is 0.0781. The topological polar surface area (TPSA) is 169 Å². The fraction of sp³-hybridized carbons (Fsp3) is 0.625. The van der Waals surface area contributed by atoms with Gasteiger partial charge in [0.05, 0.1) is 6.33 Å². The normalized spacial score (nSPS) is 26.0. The third-order valence-electron chi connectivity index (χ3n) is 4.70. The average molecular weight is 412 g/mol. The van der Waals surface area contributed by atoms with Crippen LogP contribution in [0, 0.1) is 0 Å². The first kappa shape index (κ1) is 20.7. The van der Waals surface area contributed by atoms with E-state index in [0.29, 0.717) is 17.6 Å². The summed E-state index contributed by atoms with van der Waals surface area (Å²) in [5.74, 6) is 0.107. The summed E-state index contributed by atoms with van der Waals surface area (Å²) in [6, 6.07) is -0.749. The SMILES string of the molecule is CSCCC[C@H](NC[C@H]1O[C@@H](n2cnc3c(N)ncnc32)[C@H](O)[C@@H]1O)C(=O)O. The van der Waals surface area contributed by atoms with Crippen molar-refractivity contribution in [1.29, 1.82) is 0 Å². The van der Waals surface area contributed by atoms with Crippen LogP contribution in [0.25, 0.3) is 11.2 Å². The molecule has 1 aliphatic rings. The molecule has 2 aromatic heterocycles. The van der Waals surface area contributed by atoms with Crippen molar-refractivity contribution in [2.24, 2.45) is 0 Å². The van der Waals surface area contributed by atoms with Gasteiger partial charge in [-0.05, 0) is 24.9 Å². The summed E-state index contributed by atoms with van der Waals surface area (Å²) < 4.78 is 7.28. The number of fused-ring (bicyclic) bond motifs is 1. The molecule has 6 N–H and O–H groups in total. The molecule has 12 heteroatoms. The zero-order chi connectivity index (χ0) is 20.3. The number of rotatable bonds is 9. The van der Waals surface area contributed by atoms with E-state index in [1.165, 1.54) is 17.2 Å². The fourth-order valence-corrected chi connectivity index (χ4v) is 3.64. The number of hydrogen-bond donors (Lipinski definition) is 5. The van der Waals surface area contributed by atoms with Gasteiger partial charge in [0.25, 0.3) is 0 Å². The van der Waals surface area contributed by atoms with E-state index in [1.54, 1.807) is 11.8 Å². The minimum Gasteiger partial charge on any atom is -0.480 e. The Morgan fingerprint density at radius 1 is 1.39 bits per heavy atom. The molecule has 154 valence electrons. The van der Waals surface area contributed by atoms with Crippen molar-refractivity contribution in [3.05, 3.63) is 12.7 Å². The summed E-state index contributed by atoms with van der Waals surface area (Å²) >= 11 is 1.65. The molecule has 0 radical (unpaired) electrons. The second-order valence-corrected chi connectivity index (χ2v) is 7.55. The third kappa shape index (κ3) is 4.20. The molecular weight excluding hydrogens is 388 g/mol. The monoisotopic (exact) mass is 412 g/mol. The molecule has 0 bridgehead atoms. The van der Waals surface area contributed by atoms with Crippen LogP contribution in [0.4, 0.5) is 5.82 Å². The summed E-state index contributed by atoms with van der Waals surface area (Å²) in [6.07, 6.45) is 1.72. The minimum atomic E-state index is -1.24. The highest BCUT2D eigenvalue weighted by Gasteiger charge is 2.44. The Hall–Kier alpha value is -1.99. The van der Waals surface area contributed by atoms with Gasteiger partial charge in [0.1, 0.15) is 36.2 Å². The molecule has 0 amide bonds. The maximum Gasteiger partial charge on any atom is 0.320 e. The molecule has 0 unspecified atom stereocenters. The molecular formula is C16H24N6O5S. The molecule has 11 nitrogen and oxygen atoms in total. The van der Waals surface area contributed by atoms with Gasteiger partial charge in [-0.15, -0.1) is 0 Å². The minimum absolute atomic E-state index is 0.0781. The van der Waals surface area contributed by atoms with Crippen molar-refractivity contribution >= 4 is 34.7 Å². The molecule has 2 aromatic rings. The molecule has 0 aromatic carbocycles. The van der Waals surface area contributed by atoms with Crippen molar-refractivity contribution in [1.82, 2.24) is 24.8 Å². The average Bonchev–Trinajstić information content (AvgIpc) is 3.21.